The molecule has 0 amide bonds. The molecule has 0 saturated carbocycles. The fourth-order valence-electron chi connectivity index (χ4n) is 9.61. The summed E-state index contributed by atoms with van der Waals surface area (Å²) < 4.78 is 6.98. The second-order valence-electron chi connectivity index (χ2n) is 15.9. The van der Waals surface area contributed by atoms with Crippen LogP contribution < -0.4 is 0 Å². The molecule has 0 atom stereocenters. The number of para-hydroxylation sites is 5. The van der Waals surface area contributed by atoms with Gasteiger partial charge in [-0.3, -0.25) is 4.57 Å². The maximum atomic E-state index is 5.42. The Morgan fingerprint density at radius 3 is 1.44 bits per heavy atom. The minimum atomic E-state index is 0.568. The Morgan fingerprint density at radius 2 is 0.825 bits per heavy atom. The van der Waals surface area contributed by atoms with Crippen LogP contribution in [0.3, 0.4) is 0 Å². The van der Waals surface area contributed by atoms with Crippen LogP contribution >= 0.6 is 11.3 Å². The highest BCUT2D eigenvalue weighted by atomic mass is 32.1. The average Bonchev–Trinajstić information content (AvgIpc) is 4.02. The van der Waals surface area contributed by atoms with Crippen LogP contribution in [0.25, 0.3) is 120 Å². The van der Waals surface area contributed by atoms with E-state index in [4.69, 9.17) is 15.0 Å². The van der Waals surface area contributed by atoms with Crippen molar-refractivity contribution in [3.63, 3.8) is 0 Å². The van der Waals surface area contributed by atoms with Gasteiger partial charge in [-0.1, -0.05) is 170 Å². The third-order valence-corrected chi connectivity index (χ3v) is 13.6. The number of hydrogen-bond acceptors (Lipinski definition) is 4. The van der Waals surface area contributed by atoms with Gasteiger partial charge in [0, 0.05) is 52.8 Å². The third kappa shape index (κ3) is 5.59. The minimum Gasteiger partial charge on any atom is -0.309 e. The summed E-state index contributed by atoms with van der Waals surface area (Å²) in [5, 5.41) is 7.18. The molecule has 6 heteroatoms. The van der Waals surface area contributed by atoms with E-state index in [9.17, 15) is 0 Å². The van der Waals surface area contributed by atoms with Crippen molar-refractivity contribution in [2.45, 2.75) is 0 Å². The lowest BCUT2D eigenvalue weighted by atomic mass is 9.95. The number of nitrogens with zero attached hydrogens (tertiary/aromatic N) is 5. The molecule has 0 aliphatic carbocycles. The summed E-state index contributed by atoms with van der Waals surface area (Å²) in [6.07, 6.45) is 0. The molecule has 0 unspecified atom stereocenters. The second kappa shape index (κ2) is 14.2. The Balaban J connectivity index is 1.08. The van der Waals surface area contributed by atoms with Crippen molar-refractivity contribution < 1.29 is 0 Å². The van der Waals surface area contributed by atoms with Gasteiger partial charge in [-0.15, -0.1) is 11.3 Å². The van der Waals surface area contributed by atoms with Crippen LogP contribution in [0.2, 0.25) is 0 Å². The highest BCUT2D eigenvalue weighted by Crippen LogP contribution is 2.46. The van der Waals surface area contributed by atoms with Crippen molar-refractivity contribution in [2.75, 3.05) is 0 Å². The molecule has 294 valence electrons. The van der Waals surface area contributed by atoms with E-state index >= 15 is 0 Å². The van der Waals surface area contributed by atoms with Crippen molar-refractivity contribution in [3.8, 4) is 56.7 Å². The fraction of sp³-hybridized carbons (Fsp3) is 0. The molecule has 0 N–H and O–H groups in total. The van der Waals surface area contributed by atoms with Gasteiger partial charge in [0.2, 0.25) is 5.95 Å². The van der Waals surface area contributed by atoms with Crippen LogP contribution in [0.1, 0.15) is 0 Å². The number of fused-ring (bicyclic) bond motifs is 9. The molecule has 0 aliphatic rings. The molecule has 0 fully saturated rings. The van der Waals surface area contributed by atoms with E-state index in [1.807, 2.05) is 11.3 Å². The molecule has 13 rings (SSSR count). The Hall–Kier alpha value is -8.19. The molecule has 0 spiro atoms. The molecular formula is C57H35N5S. The normalized spacial score (nSPS) is 11.8. The van der Waals surface area contributed by atoms with Crippen molar-refractivity contribution in [1.82, 2.24) is 24.1 Å². The van der Waals surface area contributed by atoms with Crippen LogP contribution in [0, 0.1) is 0 Å². The van der Waals surface area contributed by atoms with E-state index in [-0.39, 0.29) is 0 Å². The van der Waals surface area contributed by atoms with Crippen LogP contribution in [-0.4, -0.2) is 24.1 Å². The second-order valence-corrected chi connectivity index (χ2v) is 17.0. The number of benzene rings is 9. The standard InChI is InChI=1S/C57H35N5S/c1-3-17-36(18-4-1)39-33-34-40(37-19-5-2-6-20-37)54-53(39)46-32-31-38(35-52(46)63-54)55-58-56(60-57(59-55)62-49-28-14-9-23-43(49)44-24-10-15-29-50(44)62)45-25-11-16-30-51(45)61-47-26-12-7-21-41(47)42-22-8-13-27-48(42)61/h1-35H. The van der Waals surface area contributed by atoms with E-state index in [0.717, 1.165) is 49.7 Å². The first kappa shape index (κ1) is 35.6. The molecular weight excluding hydrogens is 787 g/mol. The molecule has 5 nitrogen and oxygen atoms in total. The van der Waals surface area contributed by atoms with Crippen LogP contribution in [0.5, 0.6) is 0 Å². The van der Waals surface area contributed by atoms with Gasteiger partial charge in [-0.05, 0) is 64.7 Å². The zero-order valence-corrected chi connectivity index (χ0v) is 34.7. The van der Waals surface area contributed by atoms with E-state index in [1.165, 1.54) is 53.2 Å². The van der Waals surface area contributed by atoms with Crippen molar-refractivity contribution >= 4 is 75.1 Å². The fourth-order valence-corrected chi connectivity index (χ4v) is 10.9. The summed E-state index contributed by atoms with van der Waals surface area (Å²) in [7, 11) is 0. The van der Waals surface area contributed by atoms with Crippen LogP contribution in [0.4, 0.5) is 0 Å². The first-order chi connectivity index (χ1) is 31.3. The van der Waals surface area contributed by atoms with Crippen molar-refractivity contribution in [3.05, 3.63) is 212 Å². The predicted octanol–water partition coefficient (Wildman–Crippen LogP) is 15.1. The zero-order valence-electron chi connectivity index (χ0n) is 33.9. The summed E-state index contributed by atoms with van der Waals surface area (Å²) in [5.74, 6) is 1.78. The van der Waals surface area contributed by atoms with Crippen LogP contribution in [0.15, 0.2) is 212 Å². The first-order valence-electron chi connectivity index (χ1n) is 21.2. The van der Waals surface area contributed by atoms with Crippen molar-refractivity contribution in [1.29, 1.82) is 0 Å². The van der Waals surface area contributed by atoms with E-state index < -0.39 is 0 Å². The maximum absolute atomic E-state index is 5.42. The largest absolute Gasteiger partial charge is 0.309 e. The Bertz CT molecular complexity index is 3810. The quantitative estimate of drug-likeness (QED) is 0.168. The number of aromatic nitrogens is 5. The van der Waals surface area contributed by atoms with E-state index in [1.54, 1.807) is 0 Å². The Kier molecular flexibility index (Phi) is 8.01. The smallest absolute Gasteiger partial charge is 0.238 e. The number of hydrogen-bond donors (Lipinski definition) is 0. The van der Waals surface area contributed by atoms with E-state index in [0.29, 0.717) is 17.6 Å². The van der Waals surface area contributed by atoms with Gasteiger partial charge < -0.3 is 4.57 Å². The maximum Gasteiger partial charge on any atom is 0.238 e. The van der Waals surface area contributed by atoms with Gasteiger partial charge in [-0.2, -0.15) is 9.97 Å². The molecule has 63 heavy (non-hydrogen) atoms. The topological polar surface area (TPSA) is 48.5 Å². The summed E-state index contributed by atoms with van der Waals surface area (Å²) >= 11 is 1.83. The monoisotopic (exact) mass is 821 g/mol. The number of thiophene rings is 1. The first-order valence-corrected chi connectivity index (χ1v) is 22.0. The number of rotatable bonds is 6. The summed E-state index contributed by atoms with van der Waals surface area (Å²) in [4.78, 5) is 16.2. The van der Waals surface area contributed by atoms with Crippen LogP contribution in [-0.2, 0) is 0 Å². The van der Waals surface area contributed by atoms with E-state index in [2.05, 4.69) is 221 Å². The molecule has 0 bridgehead atoms. The molecule has 4 aromatic heterocycles. The van der Waals surface area contributed by atoms with Crippen molar-refractivity contribution in [2.24, 2.45) is 0 Å². The lowest BCUT2D eigenvalue weighted by Crippen LogP contribution is -2.07. The summed E-state index contributed by atoms with van der Waals surface area (Å²) in [5.41, 5.74) is 12.0. The van der Waals surface area contributed by atoms with Gasteiger partial charge in [0.05, 0.1) is 27.8 Å². The highest BCUT2D eigenvalue weighted by Gasteiger charge is 2.22. The highest BCUT2D eigenvalue weighted by molar-refractivity contribution is 7.26. The molecule has 0 radical (unpaired) electrons. The zero-order chi connectivity index (χ0) is 41.4. The average molecular weight is 822 g/mol. The van der Waals surface area contributed by atoms with Gasteiger partial charge in [-0.25, -0.2) is 4.98 Å². The summed E-state index contributed by atoms with van der Waals surface area (Å²) in [6.45, 7) is 0. The summed E-state index contributed by atoms with van der Waals surface area (Å²) in [6, 6.07) is 75.5. The molecule has 4 heterocycles. The molecule has 13 aromatic rings. The Labute approximate surface area is 366 Å². The van der Waals surface area contributed by atoms with Gasteiger partial charge in [0.25, 0.3) is 0 Å². The van der Waals surface area contributed by atoms with Gasteiger partial charge in [0.15, 0.2) is 11.6 Å². The van der Waals surface area contributed by atoms with Gasteiger partial charge in [0.1, 0.15) is 0 Å². The Morgan fingerprint density at radius 1 is 0.333 bits per heavy atom. The molecule has 0 saturated heterocycles. The molecule has 0 aliphatic heterocycles. The van der Waals surface area contributed by atoms with Gasteiger partial charge >= 0.3 is 0 Å². The minimum absolute atomic E-state index is 0.568. The third-order valence-electron chi connectivity index (χ3n) is 12.4. The lowest BCUT2D eigenvalue weighted by molar-refractivity contribution is 0.952. The lowest BCUT2D eigenvalue weighted by Gasteiger charge is -2.15. The SMILES string of the molecule is c1ccc(-c2ccc(-c3ccccc3)c3c2sc2cc(-c4nc(-c5ccccc5-n5c6ccccc6c6ccccc65)nc(-n5c6ccccc6c6ccccc65)n4)ccc23)cc1. The predicted molar refractivity (Wildman–Crippen MR) is 263 cm³/mol. The molecule has 9 aromatic carbocycles.